The highest BCUT2D eigenvalue weighted by Gasteiger charge is 2.15. The zero-order valence-corrected chi connectivity index (χ0v) is 20.2. The molecule has 1 heterocycles. The van der Waals surface area contributed by atoms with E-state index in [0.717, 1.165) is 19.3 Å². The molecule has 1 aromatic heterocycles. The van der Waals surface area contributed by atoms with Crippen molar-refractivity contribution >= 4 is 40.2 Å². The molecule has 0 radical (unpaired) electrons. The van der Waals surface area contributed by atoms with Gasteiger partial charge < -0.3 is 11.1 Å². The summed E-state index contributed by atoms with van der Waals surface area (Å²) in [6.07, 6.45) is 3.22. The van der Waals surface area contributed by atoms with Crippen LogP contribution in [0.1, 0.15) is 35.7 Å². The Hall–Kier alpha value is -3.91. The van der Waals surface area contributed by atoms with E-state index in [2.05, 4.69) is 17.2 Å². The molecule has 3 N–H and O–H groups in total. The van der Waals surface area contributed by atoms with E-state index < -0.39 is 5.91 Å². The molecule has 3 aromatic carbocycles. The average Bonchev–Trinajstić information content (AvgIpc) is 2.87. The number of para-hydroxylation sites is 1. The number of nitrogens with zero attached hydrogens (tertiary/aromatic N) is 2. The lowest BCUT2D eigenvalue weighted by molar-refractivity contribution is -0.113. The smallest absolute Gasteiger partial charge is 0.266 e. The number of amides is 2. The fourth-order valence-electron chi connectivity index (χ4n) is 3.67. The molecule has 2 amide bonds. The van der Waals surface area contributed by atoms with Gasteiger partial charge in [0.25, 0.3) is 5.56 Å². The lowest BCUT2D eigenvalue weighted by Gasteiger charge is -2.14. The fraction of sp³-hybridized carbons (Fsp3) is 0.185. The molecule has 4 rings (SSSR count). The van der Waals surface area contributed by atoms with Crippen LogP contribution >= 0.6 is 11.8 Å². The van der Waals surface area contributed by atoms with Crippen LogP contribution in [0, 0.1) is 0 Å². The Kier molecular flexibility index (Phi) is 7.62. The summed E-state index contributed by atoms with van der Waals surface area (Å²) in [5, 5.41) is 3.75. The second-order valence-electron chi connectivity index (χ2n) is 8.10. The van der Waals surface area contributed by atoms with E-state index >= 15 is 0 Å². The maximum absolute atomic E-state index is 13.4. The van der Waals surface area contributed by atoms with Gasteiger partial charge in [-0.25, -0.2) is 4.98 Å². The van der Waals surface area contributed by atoms with Gasteiger partial charge in [0.2, 0.25) is 11.8 Å². The second-order valence-corrected chi connectivity index (χ2v) is 9.04. The Morgan fingerprint density at radius 3 is 2.40 bits per heavy atom. The summed E-state index contributed by atoms with van der Waals surface area (Å²) in [5.74, 6) is -0.736. The SMILES string of the molecule is CCCCc1ccc(-n2c(SCC(=O)Nc3ccc(C(N)=O)cc3)nc3ccccc3c2=O)cc1. The normalized spacial score (nSPS) is 10.9. The highest BCUT2D eigenvalue weighted by atomic mass is 32.2. The Morgan fingerprint density at radius 2 is 1.71 bits per heavy atom. The van der Waals surface area contributed by atoms with Gasteiger partial charge in [-0.15, -0.1) is 0 Å². The number of hydrogen-bond acceptors (Lipinski definition) is 5. The molecular formula is C27H26N4O3S. The number of fused-ring (bicyclic) bond motifs is 1. The number of rotatable bonds is 9. The fourth-order valence-corrected chi connectivity index (χ4v) is 4.49. The van der Waals surface area contributed by atoms with Gasteiger partial charge >= 0.3 is 0 Å². The number of primary amides is 1. The summed E-state index contributed by atoms with van der Waals surface area (Å²) in [7, 11) is 0. The molecule has 0 atom stereocenters. The van der Waals surface area contributed by atoms with Crippen LogP contribution in [-0.4, -0.2) is 27.1 Å². The minimum absolute atomic E-state index is 0.0525. The van der Waals surface area contributed by atoms with Crippen molar-refractivity contribution in [2.24, 2.45) is 5.73 Å². The summed E-state index contributed by atoms with van der Waals surface area (Å²) in [5.41, 5.74) is 8.49. The second kappa shape index (κ2) is 11.0. The molecule has 0 aliphatic carbocycles. The van der Waals surface area contributed by atoms with Gasteiger partial charge in [0.05, 0.1) is 22.3 Å². The maximum atomic E-state index is 13.4. The standard InChI is InChI=1S/C27H26N4O3S/c1-2-3-6-18-9-15-21(16-10-18)31-26(34)22-7-4-5-8-23(22)30-27(31)35-17-24(32)29-20-13-11-19(12-14-20)25(28)33/h4-5,7-16H,2-3,6,17H2,1H3,(H2,28,33)(H,29,32). The molecule has 0 spiro atoms. The van der Waals surface area contributed by atoms with E-state index in [0.29, 0.717) is 33.0 Å². The third-order valence-electron chi connectivity index (χ3n) is 5.54. The van der Waals surface area contributed by atoms with Crippen LogP contribution in [0.3, 0.4) is 0 Å². The molecule has 0 fully saturated rings. The molecule has 0 aliphatic heterocycles. The molecule has 0 saturated carbocycles. The van der Waals surface area contributed by atoms with E-state index in [9.17, 15) is 14.4 Å². The van der Waals surface area contributed by atoms with Crippen molar-refractivity contribution in [2.75, 3.05) is 11.1 Å². The number of aromatic nitrogens is 2. The quantitative estimate of drug-likeness (QED) is 0.266. The van der Waals surface area contributed by atoms with Crippen molar-refractivity contribution in [1.29, 1.82) is 0 Å². The summed E-state index contributed by atoms with van der Waals surface area (Å²) in [6, 6.07) is 21.4. The topological polar surface area (TPSA) is 107 Å². The monoisotopic (exact) mass is 486 g/mol. The van der Waals surface area contributed by atoms with Gasteiger partial charge in [-0.2, -0.15) is 0 Å². The first-order valence-electron chi connectivity index (χ1n) is 11.4. The largest absolute Gasteiger partial charge is 0.366 e. The van der Waals surface area contributed by atoms with Crippen LogP contribution in [0.5, 0.6) is 0 Å². The number of unbranched alkanes of at least 4 members (excludes halogenated alkanes) is 1. The van der Waals surface area contributed by atoms with Crippen molar-refractivity contribution < 1.29 is 9.59 Å². The minimum Gasteiger partial charge on any atom is -0.366 e. The van der Waals surface area contributed by atoms with Gasteiger partial charge in [-0.1, -0.05) is 49.4 Å². The molecule has 4 aromatic rings. The first-order valence-corrected chi connectivity index (χ1v) is 12.4. The molecule has 0 aliphatic rings. The summed E-state index contributed by atoms with van der Waals surface area (Å²) >= 11 is 1.19. The van der Waals surface area contributed by atoms with Crippen LogP contribution < -0.4 is 16.6 Å². The average molecular weight is 487 g/mol. The van der Waals surface area contributed by atoms with Gasteiger partial charge in [-0.3, -0.25) is 19.0 Å². The van der Waals surface area contributed by atoms with Crippen molar-refractivity contribution in [1.82, 2.24) is 9.55 Å². The van der Waals surface area contributed by atoms with Gasteiger partial charge in [0, 0.05) is 11.3 Å². The number of carbonyl (C=O) groups is 2. The van der Waals surface area contributed by atoms with E-state index in [-0.39, 0.29) is 17.2 Å². The van der Waals surface area contributed by atoms with Crippen LogP contribution in [-0.2, 0) is 11.2 Å². The lowest BCUT2D eigenvalue weighted by Crippen LogP contribution is -2.23. The number of hydrogen-bond donors (Lipinski definition) is 2. The third kappa shape index (κ3) is 5.78. The number of aryl methyl sites for hydroxylation is 1. The zero-order valence-electron chi connectivity index (χ0n) is 19.4. The Balaban J connectivity index is 1.59. The van der Waals surface area contributed by atoms with E-state index in [1.54, 1.807) is 41.0 Å². The van der Waals surface area contributed by atoms with Crippen LogP contribution in [0.4, 0.5) is 5.69 Å². The third-order valence-corrected chi connectivity index (χ3v) is 6.48. The van der Waals surface area contributed by atoms with Crippen LogP contribution in [0.25, 0.3) is 16.6 Å². The summed E-state index contributed by atoms with van der Waals surface area (Å²) < 4.78 is 1.56. The Bertz CT molecular complexity index is 1410. The molecule has 0 unspecified atom stereocenters. The lowest BCUT2D eigenvalue weighted by atomic mass is 10.1. The molecule has 35 heavy (non-hydrogen) atoms. The molecule has 8 heteroatoms. The maximum Gasteiger partial charge on any atom is 0.266 e. The van der Waals surface area contributed by atoms with E-state index in [1.165, 1.54) is 17.3 Å². The van der Waals surface area contributed by atoms with Gasteiger partial charge in [0.15, 0.2) is 5.16 Å². The van der Waals surface area contributed by atoms with Crippen LogP contribution in [0.15, 0.2) is 82.7 Å². The van der Waals surface area contributed by atoms with Gasteiger partial charge in [-0.05, 0) is 66.9 Å². The number of thioether (sulfide) groups is 1. The predicted molar refractivity (Wildman–Crippen MR) is 140 cm³/mol. The highest BCUT2D eigenvalue weighted by Crippen LogP contribution is 2.22. The predicted octanol–water partition coefficient (Wildman–Crippen LogP) is 4.56. The van der Waals surface area contributed by atoms with Crippen LogP contribution in [0.2, 0.25) is 0 Å². The first-order chi connectivity index (χ1) is 17.0. The minimum atomic E-state index is -0.530. The van der Waals surface area contributed by atoms with E-state index in [1.807, 2.05) is 36.4 Å². The van der Waals surface area contributed by atoms with Crippen molar-refractivity contribution in [3.63, 3.8) is 0 Å². The van der Waals surface area contributed by atoms with Crippen molar-refractivity contribution in [3.05, 3.63) is 94.3 Å². The highest BCUT2D eigenvalue weighted by molar-refractivity contribution is 7.99. The number of benzene rings is 3. The van der Waals surface area contributed by atoms with Gasteiger partial charge in [0.1, 0.15) is 0 Å². The Morgan fingerprint density at radius 1 is 1.00 bits per heavy atom. The number of carbonyl (C=O) groups excluding carboxylic acids is 2. The molecule has 178 valence electrons. The number of nitrogens with two attached hydrogens (primary N) is 1. The molecular weight excluding hydrogens is 460 g/mol. The molecule has 7 nitrogen and oxygen atoms in total. The zero-order chi connectivity index (χ0) is 24.8. The van der Waals surface area contributed by atoms with E-state index in [4.69, 9.17) is 5.73 Å². The summed E-state index contributed by atoms with van der Waals surface area (Å²) in [6.45, 7) is 2.16. The molecule has 0 bridgehead atoms. The number of anilines is 1. The summed E-state index contributed by atoms with van der Waals surface area (Å²) in [4.78, 5) is 41.9. The first kappa shape index (κ1) is 24.2. The van der Waals surface area contributed by atoms with Crippen molar-refractivity contribution in [3.8, 4) is 5.69 Å². The van der Waals surface area contributed by atoms with Crippen molar-refractivity contribution in [2.45, 2.75) is 31.3 Å². The Labute approximate surface area is 207 Å². The molecule has 0 saturated heterocycles. The number of nitrogens with one attached hydrogen (secondary N) is 1.